The van der Waals surface area contributed by atoms with Crippen molar-refractivity contribution in [2.75, 3.05) is 18.8 Å². The number of nitrogens with zero attached hydrogens (tertiary/aromatic N) is 2. The maximum atomic E-state index is 14.5. The summed E-state index contributed by atoms with van der Waals surface area (Å²) in [5.41, 5.74) is 0.950. The number of carbonyl (C=O) groups is 1. The summed E-state index contributed by atoms with van der Waals surface area (Å²) in [5.74, 6) is -1.05. The molecule has 2 aliphatic heterocycles. The Kier molecular flexibility index (Phi) is 5.73. The molecule has 2 fully saturated rings. The van der Waals surface area contributed by atoms with E-state index in [1.165, 1.54) is 17.8 Å². The fraction of sp³-hybridized carbons (Fsp3) is 0.632. The Labute approximate surface area is 161 Å². The van der Waals surface area contributed by atoms with Gasteiger partial charge in [0.05, 0.1) is 23.2 Å². The largest absolute Gasteiger partial charge is 0.314 e. The number of nitrogens with one attached hydrogen (secondary N) is 2. The van der Waals surface area contributed by atoms with Crippen molar-refractivity contribution in [3.8, 4) is 0 Å². The van der Waals surface area contributed by atoms with Gasteiger partial charge in [0.25, 0.3) is 0 Å². The Morgan fingerprint density at radius 1 is 1.26 bits per heavy atom. The average Bonchev–Trinajstić information content (AvgIpc) is 3.13. The molecule has 0 aromatic carbocycles. The van der Waals surface area contributed by atoms with E-state index in [0.29, 0.717) is 29.5 Å². The lowest BCUT2D eigenvalue weighted by molar-refractivity contribution is -0.122. The first-order chi connectivity index (χ1) is 13.1. The summed E-state index contributed by atoms with van der Waals surface area (Å²) in [7, 11) is 0. The van der Waals surface area contributed by atoms with Crippen LogP contribution in [0.25, 0.3) is 0 Å². The van der Waals surface area contributed by atoms with Crippen LogP contribution in [0.3, 0.4) is 0 Å². The zero-order valence-corrected chi connectivity index (χ0v) is 15.9. The summed E-state index contributed by atoms with van der Waals surface area (Å²) in [6.07, 6.45) is 7.27. The van der Waals surface area contributed by atoms with Gasteiger partial charge in [-0.15, -0.1) is 11.8 Å². The number of amidine groups is 1. The highest BCUT2D eigenvalue weighted by Crippen LogP contribution is 2.32. The Hall–Kier alpha value is -1.54. The van der Waals surface area contributed by atoms with Crippen molar-refractivity contribution in [3.05, 3.63) is 23.7 Å². The van der Waals surface area contributed by atoms with Crippen LogP contribution in [0.2, 0.25) is 0 Å². The maximum absolute atomic E-state index is 14.5. The van der Waals surface area contributed by atoms with Gasteiger partial charge < -0.3 is 10.6 Å². The molecule has 1 saturated carbocycles. The van der Waals surface area contributed by atoms with E-state index in [1.54, 1.807) is 6.08 Å². The highest BCUT2D eigenvalue weighted by atomic mass is 32.2. The molecule has 0 bridgehead atoms. The van der Waals surface area contributed by atoms with Crippen molar-refractivity contribution in [1.82, 2.24) is 10.6 Å². The van der Waals surface area contributed by atoms with Crippen LogP contribution >= 0.6 is 11.8 Å². The van der Waals surface area contributed by atoms with Crippen LogP contribution in [0.4, 0.5) is 8.78 Å². The lowest BCUT2D eigenvalue weighted by atomic mass is 9.94. The monoisotopic (exact) mass is 394 g/mol. The molecule has 8 heteroatoms. The third-order valence-electron chi connectivity index (χ3n) is 5.39. The third-order valence-corrected chi connectivity index (χ3v) is 6.78. The topological polar surface area (TPSA) is 65.8 Å². The van der Waals surface area contributed by atoms with Crippen molar-refractivity contribution in [1.29, 1.82) is 0 Å². The van der Waals surface area contributed by atoms with E-state index >= 15 is 0 Å². The minimum Gasteiger partial charge on any atom is -0.314 e. The lowest BCUT2D eigenvalue weighted by Gasteiger charge is -2.28. The molecule has 0 aromatic heterocycles. The number of piperidine rings is 1. The highest BCUT2D eigenvalue weighted by molar-refractivity contribution is 8.00. The van der Waals surface area contributed by atoms with Crippen LogP contribution in [0.5, 0.6) is 0 Å². The zero-order chi connectivity index (χ0) is 18.8. The van der Waals surface area contributed by atoms with E-state index in [2.05, 4.69) is 20.6 Å². The Bertz CT molecular complexity index is 727. The number of allylic oxidation sites excluding steroid dienone is 2. The minimum atomic E-state index is -0.992. The first-order valence-corrected chi connectivity index (χ1v) is 10.7. The van der Waals surface area contributed by atoms with Gasteiger partial charge in [0, 0.05) is 11.8 Å². The number of thioether (sulfide) groups is 1. The second-order valence-corrected chi connectivity index (χ2v) is 8.66. The first kappa shape index (κ1) is 18.8. The molecule has 1 unspecified atom stereocenters. The smallest absolute Gasteiger partial charge is 0.241 e. The normalized spacial score (nSPS) is 33.3. The van der Waals surface area contributed by atoms with Crippen LogP contribution in [0.15, 0.2) is 33.7 Å². The van der Waals surface area contributed by atoms with E-state index in [1.807, 2.05) is 0 Å². The molecule has 146 valence electrons. The second-order valence-electron chi connectivity index (χ2n) is 7.43. The fourth-order valence-corrected chi connectivity index (χ4v) is 5.05. The van der Waals surface area contributed by atoms with Crippen LogP contribution in [0.1, 0.15) is 32.1 Å². The van der Waals surface area contributed by atoms with Crippen molar-refractivity contribution < 1.29 is 13.6 Å². The number of carbonyl (C=O) groups excluding carboxylic acids is 1. The van der Waals surface area contributed by atoms with Crippen molar-refractivity contribution in [2.24, 2.45) is 15.9 Å². The molecule has 4 rings (SSSR count). The van der Waals surface area contributed by atoms with Gasteiger partial charge in [-0.25, -0.2) is 13.8 Å². The molecule has 1 saturated heterocycles. The molecule has 2 heterocycles. The average molecular weight is 394 g/mol. The van der Waals surface area contributed by atoms with E-state index in [9.17, 15) is 13.6 Å². The summed E-state index contributed by atoms with van der Waals surface area (Å²) in [6, 6.07) is 0.232. The van der Waals surface area contributed by atoms with Crippen LogP contribution in [-0.2, 0) is 4.79 Å². The summed E-state index contributed by atoms with van der Waals surface area (Å²) in [5, 5.41) is 5.60. The van der Waals surface area contributed by atoms with Gasteiger partial charge in [-0.1, -0.05) is 12.8 Å². The SMILES string of the molecule is O=C1NC(CS[C@H]2CCNC[C@H]2F)=NC2=CC(=NC3CCCC3)C=C(F)C12. The molecule has 4 aliphatic rings. The maximum Gasteiger partial charge on any atom is 0.241 e. The summed E-state index contributed by atoms with van der Waals surface area (Å²) in [6.45, 7) is 1.15. The summed E-state index contributed by atoms with van der Waals surface area (Å²) in [4.78, 5) is 21.5. The van der Waals surface area contributed by atoms with E-state index < -0.39 is 23.8 Å². The van der Waals surface area contributed by atoms with Gasteiger partial charge in [0.2, 0.25) is 5.91 Å². The van der Waals surface area contributed by atoms with Gasteiger partial charge in [0.1, 0.15) is 23.8 Å². The molecule has 0 aromatic rings. The number of hydrogen-bond acceptors (Lipinski definition) is 5. The molecule has 2 N–H and O–H groups in total. The zero-order valence-electron chi connectivity index (χ0n) is 15.1. The fourth-order valence-electron chi connectivity index (χ4n) is 3.95. The highest BCUT2D eigenvalue weighted by Gasteiger charge is 2.35. The number of halogens is 2. The van der Waals surface area contributed by atoms with Crippen LogP contribution in [-0.4, -0.2) is 53.8 Å². The molecule has 5 nitrogen and oxygen atoms in total. The number of fused-ring (bicyclic) bond motifs is 1. The van der Waals surface area contributed by atoms with Crippen LogP contribution < -0.4 is 10.6 Å². The van der Waals surface area contributed by atoms with E-state index in [-0.39, 0.29) is 11.3 Å². The number of alkyl halides is 1. The predicted octanol–water partition coefficient (Wildman–Crippen LogP) is 2.70. The lowest BCUT2D eigenvalue weighted by Crippen LogP contribution is -2.44. The summed E-state index contributed by atoms with van der Waals surface area (Å²) < 4.78 is 28.4. The second kappa shape index (κ2) is 8.22. The molecular formula is C19H24F2N4OS. The number of rotatable bonds is 4. The minimum absolute atomic E-state index is 0.111. The standard InChI is InChI=1S/C19H24F2N4OS/c20-13-7-12(23-11-3-1-2-4-11)8-15-18(13)19(26)25-17(24-15)10-27-16-5-6-22-9-14(16)21/h7-8,11,14,16,18,22H,1-6,9-10H2,(H,24,25,26)/t14-,16+,18?/m1/s1. The predicted molar refractivity (Wildman–Crippen MR) is 105 cm³/mol. The van der Waals surface area contributed by atoms with Gasteiger partial charge in [0.15, 0.2) is 0 Å². The van der Waals surface area contributed by atoms with Gasteiger partial charge in [-0.3, -0.25) is 9.79 Å². The van der Waals surface area contributed by atoms with Gasteiger partial charge in [-0.05, 0) is 38.0 Å². The molecule has 1 amide bonds. The third kappa shape index (κ3) is 4.32. The van der Waals surface area contributed by atoms with Crippen LogP contribution in [0, 0.1) is 5.92 Å². The van der Waals surface area contributed by atoms with Crippen molar-refractivity contribution >= 4 is 29.2 Å². The Balaban J connectivity index is 1.49. The molecule has 27 heavy (non-hydrogen) atoms. The number of amides is 1. The molecule has 2 aliphatic carbocycles. The number of aliphatic imine (C=N–C) groups is 2. The quantitative estimate of drug-likeness (QED) is 0.771. The number of hydrogen-bond donors (Lipinski definition) is 2. The molecule has 0 spiro atoms. The molecule has 0 radical (unpaired) electrons. The van der Waals surface area contributed by atoms with Crippen molar-refractivity contribution in [3.63, 3.8) is 0 Å². The van der Waals surface area contributed by atoms with Gasteiger partial charge in [-0.2, -0.15) is 0 Å². The van der Waals surface area contributed by atoms with E-state index in [4.69, 9.17) is 0 Å². The van der Waals surface area contributed by atoms with Crippen molar-refractivity contribution in [2.45, 2.75) is 49.6 Å². The van der Waals surface area contributed by atoms with E-state index in [0.717, 1.165) is 38.6 Å². The Morgan fingerprint density at radius 2 is 2.07 bits per heavy atom. The Morgan fingerprint density at radius 3 is 2.85 bits per heavy atom. The summed E-state index contributed by atoms with van der Waals surface area (Å²) >= 11 is 1.45. The first-order valence-electron chi connectivity index (χ1n) is 9.61. The molecular weight excluding hydrogens is 370 g/mol. The van der Waals surface area contributed by atoms with Gasteiger partial charge >= 0.3 is 0 Å². The molecule has 3 atom stereocenters.